The van der Waals surface area contributed by atoms with E-state index in [-0.39, 0.29) is 6.03 Å². The third kappa shape index (κ3) is 4.77. The lowest BCUT2D eigenvalue weighted by molar-refractivity contribution is 0.134. The normalized spacial score (nSPS) is 17.3. The van der Waals surface area contributed by atoms with Gasteiger partial charge in [-0.3, -0.25) is 4.90 Å². The van der Waals surface area contributed by atoms with E-state index in [2.05, 4.69) is 46.6 Å². The number of amides is 1. The van der Waals surface area contributed by atoms with Gasteiger partial charge in [0.25, 0.3) is 0 Å². The second-order valence-electron chi connectivity index (χ2n) is 8.78. The number of aromatic nitrogens is 2. The molecule has 2 aliphatic heterocycles. The molecular formula is C24H34N6O. The average molecular weight is 423 g/mol. The summed E-state index contributed by atoms with van der Waals surface area (Å²) in [5.74, 6) is 0.730. The zero-order valence-electron chi connectivity index (χ0n) is 19.0. The summed E-state index contributed by atoms with van der Waals surface area (Å²) >= 11 is 0. The highest BCUT2D eigenvalue weighted by molar-refractivity contribution is 5.76. The fraction of sp³-hybridized carbons (Fsp3) is 0.500. The largest absolute Gasteiger partial charge is 0.371 e. The first-order valence-electron chi connectivity index (χ1n) is 11.2. The first kappa shape index (κ1) is 21.4. The maximum absolute atomic E-state index is 12.9. The molecule has 2 fully saturated rings. The number of rotatable bonds is 5. The summed E-state index contributed by atoms with van der Waals surface area (Å²) in [5, 5.41) is 4.43. The first-order chi connectivity index (χ1) is 14.9. The molecule has 2 aromatic rings. The predicted molar refractivity (Wildman–Crippen MR) is 126 cm³/mol. The summed E-state index contributed by atoms with van der Waals surface area (Å²) in [6.07, 6.45) is 4.30. The molecular weight excluding hydrogens is 388 g/mol. The molecule has 0 atom stereocenters. The molecule has 0 spiro atoms. The third-order valence-corrected chi connectivity index (χ3v) is 6.41. The van der Waals surface area contributed by atoms with Crippen molar-refractivity contribution in [2.24, 2.45) is 0 Å². The van der Waals surface area contributed by atoms with E-state index in [0.29, 0.717) is 0 Å². The summed E-state index contributed by atoms with van der Waals surface area (Å²) in [7, 11) is 1.90. The fourth-order valence-corrected chi connectivity index (χ4v) is 4.34. The molecule has 1 aromatic carbocycles. The van der Waals surface area contributed by atoms with E-state index >= 15 is 0 Å². The lowest BCUT2D eigenvalue weighted by atomic mass is 10.1. The molecule has 0 N–H and O–H groups in total. The SMILES string of the molecule is C=C(C)N(C)c1ccn(C(=O)N2CCN(Cc3ccc(C)cc3N3CCCC3)CC2)n1. The van der Waals surface area contributed by atoms with Gasteiger partial charge >= 0.3 is 6.03 Å². The molecule has 31 heavy (non-hydrogen) atoms. The zero-order chi connectivity index (χ0) is 22.0. The van der Waals surface area contributed by atoms with Crippen molar-refractivity contribution in [3.63, 3.8) is 0 Å². The minimum Gasteiger partial charge on any atom is -0.371 e. The lowest BCUT2D eigenvalue weighted by Gasteiger charge is -2.35. The van der Waals surface area contributed by atoms with Crippen molar-refractivity contribution < 1.29 is 4.79 Å². The summed E-state index contributed by atoms with van der Waals surface area (Å²) in [6, 6.07) is 8.61. The molecule has 0 saturated carbocycles. The van der Waals surface area contributed by atoms with E-state index in [0.717, 1.165) is 57.3 Å². The predicted octanol–water partition coefficient (Wildman–Crippen LogP) is 3.55. The molecule has 1 amide bonds. The number of carbonyl (C=O) groups is 1. The van der Waals surface area contributed by atoms with Crippen molar-refractivity contribution in [2.45, 2.75) is 33.2 Å². The Morgan fingerprint density at radius 3 is 2.48 bits per heavy atom. The minimum absolute atomic E-state index is 0.0610. The van der Waals surface area contributed by atoms with Crippen LogP contribution < -0.4 is 9.80 Å². The molecule has 2 saturated heterocycles. The maximum Gasteiger partial charge on any atom is 0.344 e. The Bertz CT molecular complexity index is 937. The topological polar surface area (TPSA) is 47.9 Å². The minimum atomic E-state index is -0.0610. The standard InChI is InChI=1S/C24H34N6O/c1-19(2)26(4)23-9-12-30(25-23)24(31)29-15-13-27(14-16-29)18-21-8-7-20(3)17-22(21)28-10-5-6-11-28/h7-9,12,17H,1,5-6,10-11,13-16,18H2,2-4H3. The Morgan fingerprint density at radius 1 is 1.10 bits per heavy atom. The van der Waals surface area contributed by atoms with Crippen LogP contribution in [0.2, 0.25) is 0 Å². The van der Waals surface area contributed by atoms with E-state index in [1.807, 2.05) is 29.8 Å². The van der Waals surface area contributed by atoms with Crippen molar-refractivity contribution >= 4 is 17.5 Å². The molecule has 2 aliphatic rings. The van der Waals surface area contributed by atoms with Crippen LogP contribution in [0.4, 0.5) is 16.3 Å². The van der Waals surface area contributed by atoms with E-state index in [4.69, 9.17) is 0 Å². The van der Waals surface area contributed by atoms with Gasteiger partial charge in [-0.1, -0.05) is 18.7 Å². The summed E-state index contributed by atoms with van der Waals surface area (Å²) < 4.78 is 1.44. The number of piperazine rings is 1. The number of nitrogens with zero attached hydrogens (tertiary/aromatic N) is 6. The molecule has 3 heterocycles. The van der Waals surface area contributed by atoms with Crippen molar-refractivity contribution in [2.75, 3.05) is 56.1 Å². The van der Waals surface area contributed by atoms with E-state index in [1.165, 1.54) is 34.3 Å². The van der Waals surface area contributed by atoms with Gasteiger partial charge in [-0.15, -0.1) is 5.10 Å². The Kier molecular flexibility index (Phi) is 6.32. The smallest absolute Gasteiger partial charge is 0.344 e. The van der Waals surface area contributed by atoms with Crippen LogP contribution in [-0.2, 0) is 6.54 Å². The number of aryl methyl sites for hydroxylation is 1. The van der Waals surface area contributed by atoms with Gasteiger partial charge in [0.15, 0.2) is 5.82 Å². The number of hydrogen-bond acceptors (Lipinski definition) is 5. The highest BCUT2D eigenvalue weighted by atomic mass is 16.2. The van der Waals surface area contributed by atoms with Gasteiger partial charge in [0.1, 0.15) is 0 Å². The number of hydrogen-bond donors (Lipinski definition) is 0. The van der Waals surface area contributed by atoms with Gasteiger partial charge in [0, 0.05) is 76.5 Å². The third-order valence-electron chi connectivity index (χ3n) is 6.41. The number of allylic oxidation sites excluding steroid dienone is 1. The van der Waals surface area contributed by atoms with E-state index in [1.54, 1.807) is 6.20 Å². The van der Waals surface area contributed by atoms with Crippen LogP contribution in [0.5, 0.6) is 0 Å². The van der Waals surface area contributed by atoms with Crippen LogP contribution in [0.25, 0.3) is 0 Å². The summed E-state index contributed by atoms with van der Waals surface area (Å²) in [6.45, 7) is 14.4. The molecule has 0 unspecified atom stereocenters. The van der Waals surface area contributed by atoms with E-state index < -0.39 is 0 Å². The van der Waals surface area contributed by atoms with Crippen LogP contribution in [0.15, 0.2) is 42.7 Å². The molecule has 166 valence electrons. The molecule has 4 rings (SSSR count). The maximum atomic E-state index is 12.9. The monoisotopic (exact) mass is 422 g/mol. The summed E-state index contributed by atoms with van der Waals surface area (Å²) in [5.41, 5.74) is 4.99. The molecule has 7 heteroatoms. The highest BCUT2D eigenvalue weighted by Gasteiger charge is 2.24. The van der Waals surface area contributed by atoms with Crippen LogP contribution >= 0.6 is 0 Å². The number of benzene rings is 1. The lowest BCUT2D eigenvalue weighted by Crippen LogP contribution is -2.49. The van der Waals surface area contributed by atoms with Gasteiger partial charge < -0.3 is 14.7 Å². The van der Waals surface area contributed by atoms with Crippen molar-refractivity contribution in [1.82, 2.24) is 19.6 Å². The highest BCUT2D eigenvalue weighted by Crippen LogP contribution is 2.27. The second kappa shape index (κ2) is 9.14. The van der Waals surface area contributed by atoms with Crippen LogP contribution in [0.1, 0.15) is 30.9 Å². The van der Waals surface area contributed by atoms with Crippen LogP contribution in [-0.4, -0.2) is 71.9 Å². The average Bonchev–Trinajstić information content (AvgIpc) is 3.47. The number of carbonyl (C=O) groups excluding carboxylic acids is 1. The Balaban J connectivity index is 1.36. The molecule has 0 radical (unpaired) electrons. The van der Waals surface area contributed by atoms with Gasteiger partial charge in [-0.05, 0) is 43.9 Å². The van der Waals surface area contributed by atoms with Crippen molar-refractivity contribution in [3.8, 4) is 0 Å². The van der Waals surface area contributed by atoms with Gasteiger partial charge in [-0.25, -0.2) is 4.79 Å². The quantitative estimate of drug-likeness (QED) is 0.738. The fourth-order valence-electron chi connectivity index (χ4n) is 4.34. The van der Waals surface area contributed by atoms with Crippen molar-refractivity contribution in [1.29, 1.82) is 0 Å². The Hall–Kier alpha value is -2.80. The number of anilines is 2. The van der Waals surface area contributed by atoms with E-state index in [9.17, 15) is 4.79 Å². The molecule has 1 aromatic heterocycles. The molecule has 7 nitrogen and oxygen atoms in total. The summed E-state index contributed by atoms with van der Waals surface area (Å²) in [4.78, 5) is 21.6. The zero-order valence-corrected chi connectivity index (χ0v) is 19.0. The Morgan fingerprint density at radius 2 is 1.81 bits per heavy atom. The van der Waals surface area contributed by atoms with Crippen LogP contribution in [0, 0.1) is 6.92 Å². The molecule has 0 aliphatic carbocycles. The molecule has 0 bridgehead atoms. The first-order valence-corrected chi connectivity index (χ1v) is 11.2. The van der Waals surface area contributed by atoms with Gasteiger partial charge in [0.05, 0.1) is 0 Å². The van der Waals surface area contributed by atoms with Gasteiger partial charge in [-0.2, -0.15) is 4.68 Å². The Labute approximate surface area is 185 Å². The van der Waals surface area contributed by atoms with Gasteiger partial charge in [0.2, 0.25) is 0 Å². The van der Waals surface area contributed by atoms with Crippen LogP contribution in [0.3, 0.4) is 0 Å². The van der Waals surface area contributed by atoms with Crippen molar-refractivity contribution in [3.05, 3.63) is 53.9 Å². The second-order valence-corrected chi connectivity index (χ2v) is 8.78.